The van der Waals surface area contributed by atoms with Gasteiger partial charge in [0, 0.05) is 12.7 Å². The fourth-order valence-corrected chi connectivity index (χ4v) is 1.51. The van der Waals surface area contributed by atoms with Crippen LogP contribution in [0.2, 0.25) is 0 Å². The monoisotopic (exact) mass is 250 g/mol. The Bertz CT molecular complexity index is 527. The summed E-state index contributed by atoms with van der Waals surface area (Å²) in [4.78, 5) is 0. The second-order valence-corrected chi connectivity index (χ2v) is 3.96. The topological polar surface area (TPSA) is 66.0 Å². The van der Waals surface area contributed by atoms with Gasteiger partial charge in [-0.2, -0.15) is 0 Å². The van der Waals surface area contributed by atoms with Gasteiger partial charge in [0.25, 0.3) is 0 Å². The van der Waals surface area contributed by atoms with Crippen LogP contribution in [-0.4, -0.2) is 21.6 Å². The Morgan fingerprint density at radius 3 is 3.00 bits per heavy atom. The van der Waals surface area contributed by atoms with Gasteiger partial charge in [-0.05, 0) is 24.6 Å². The average Bonchev–Trinajstić information content (AvgIpc) is 2.81. The average molecular weight is 250 g/mol. The van der Waals surface area contributed by atoms with Crippen LogP contribution >= 0.6 is 0 Å². The van der Waals surface area contributed by atoms with Crippen LogP contribution in [0.25, 0.3) is 0 Å². The zero-order valence-electron chi connectivity index (χ0n) is 10.1. The summed E-state index contributed by atoms with van der Waals surface area (Å²) in [5.74, 6) is -0.101. The summed E-state index contributed by atoms with van der Waals surface area (Å²) in [7, 11) is 0. The first kappa shape index (κ1) is 12.5. The fourth-order valence-electron chi connectivity index (χ4n) is 1.51. The second-order valence-electron chi connectivity index (χ2n) is 3.96. The lowest BCUT2D eigenvalue weighted by Crippen LogP contribution is -2.09. The molecule has 0 saturated carbocycles. The standard InChI is InChI=1S/C12H15FN4O/c1-9-2-3-11(13)12(6-9)18-5-4-17-8-10(7-14)15-16-17/h2-3,6,8H,4-5,7,14H2,1H3. The first-order valence-electron chi connectivity index (χ1n) is 5.67. The highest BCUT2D eigenvalue weighted by atomic mass is 19.1. The van der Waals surface area contributed by atoms with Gasteiger partial charge in [-0.3, -0.25) is 0 Å². The molecule has 0 aliphatic carbocycles. The number of nitrogens with two attached hydrogens (primary N) is 1. The molecule has 1 heterocycles. The first-order chi connectivity index (χ1) is 8.69. The number of hydrogen-bond acceptors (Lipinski definition) is 4. The number of ether oxygens (including phenoxy) is 1. The zero-order chi connectivity index (χ0) is 13.0. The van der Waals surface area contributed by atoms with E-state index in [0.717, 1.165) is 11.3 Å². The smallest absolute Gasteiger partial charge is 0.165 e. The minimum atomic E-state index is -0.359. The summed E-state index contributed by atoms with van der Waals surface area (Å²) in [5, 5.41) is 7.72. The van der Waals surface area contributed by atoms with Crippen LogP contribution in [0.15, 0.2) is 24.4 Å². The second kappa shape index (κ2) is 5.59. The minimum Gasteiger partial charge on any atom is -0.489 e. The lowest BCUT2D eigenvalue weighted by atomic mass is 10.2. The molecule has 1 aromatic carbocycles. The van der Waals surface area contributed by atoms with E-state index in [2.05, 4.69) is 10.3 Å². The van der Waals surface area contributed by atoms with E-state index in [1.807, 2.05) is 6.92 Å². The Morgan fingerprint density at radius 1 is 1.44 bits per heavy atom. The molecule has 0 atom stereocenters. The molecular formula is C12H15FN4O. The largest absolute Gasteiger partial charge is 0.489 e. The molecular weight excluding hydrogens is 235 g/mol. The van der Waals surface area contributed by atoms with Gasteiger partial charge in [0.05, 0.1) is 12.2 Å². The molecule has 2 N–H and O–H groups in total. The van der Waals surface area contributed by atoms with Crippen LogP contribution in [0.5, 0.6) is 5.75 Å². The molecule has 0 fully saturated rings. The summed E-state index contributed by atoms with van der Waals surface area (Å²) in [6.07, 6.45) is 1.75. The predicted molar refractivity (Wildman–Crippen MR) is 64.5 cm³/mol. The molecule has 0 aliphatic heterocycles. The predicted octanol–water partition coefficient (Wildman–Crippen LogP) is 1.26. The Labute approximate surface area is 104 Å². The van der Waals surface area contributed by atoms with Crippen molar-refractivity contribution in [2.24, 2.45) is 5.73 Å². The van der Waals surface area contributed by atoms with Crippen LogP contribution < -0.4 is 10.5 Å². The van der Waals surface area contributed by atoms with Crippen LogP contribution in [0.4, 0.5) is 4.39 Å². The summed E-state index contributed by atoms with van der Waals surface area (Å²) in [5.41, 5.74) is 7.10. The fraction of sp³-hybridized carbons (Fsp3) is 0.333. The van der Waals surface area contributed by atoms with Gasteiger partial charge in [0.2, 0.25) is 0 Å². The molecule has 18 heavy (non-hydrogen) atoms. The van der Waals surface area contributed by atoms with E-state index < -0.39 is 0 Å². The minimum absolute atomic E-state index is 0.258. The number of halogens is 1. The van der Waals surface area contributed by atoms with Gasteiger partial charge < -0.3 is 10.5 Å². The molecule has 0 bridgehead atoms. The Hall–Kier alpha value is -1.95. The zero-order valence-corrected chi connectivity index (χ0v) is 10.1. The van der Waals surface area contributed by atoms with E-state index in [1.165, 1.54) is 6.07 Å². The van der Waals surface area contributed by atoms with Gasteiger partial charge in [-0.1, -0.05) is 11.3 Å². The summed E-state index contributed by atoms with van der Waals surface area (Å²) in [6.45, 7) is 3.07. The van der Waals surface area contributed by atoms with E-state index in [9.17, 15) is 4.39 Å². The van der Waals surface area contributed by atoms with Crippen molar-refractivity contribution in [1.82, 2.24) is 15.0 Å². The van der Waals surface area contributed by atoms with Gasteiger partial charge in [-0.15, -0.1) is 5.10 Å². The highest BCUT2D eigenvalue weighted by molar-refractivity contribution is 5.29. The highest BCUT2D eigenvalue weighted by Crippen LogP contribution is 2.18. The van der Waals surface area contributed by atoms with Gasteiger partial charge >= 0.3 is 0 Å². The number of aromatic nitrogens is 3. The lowest BCUT2D eigenvalue weighted by Gasteiger charge is -2.07. The summed E-state index contributed by atoms with van der Waals surface area (Å²) < 4.78 is 20.4. The third-order valence-electron chi connectivity index (χ3n) is 2.46. The van der Waals surface area contributed by atoms with E-state index in [4.69, 9.17) is 10.5 Å². The maximum absolute atomic E-state index is 13.4. The summed E-state index contributed by atoms with van der Waals surface area (Å²) >= 11 is 0. The highest BCUT2D eigenvalue weighted by Gasteiger charge is 2.04. The molecule has 0 aliphatic rings. The number of rotatable bonds is 5. The van der Waals surface area contributed by atoms with Gasteiger partial charge in [-0.25, -0.2) is 9.07 Å². The molecule has 5 nitrogen and oxygen atoms in total. The molecule has 6 heteroatoms. The molecule has 2 rings (SSSR count). The van der Waals surface area contributed by atoms with Crippen LogP contribution in [0, 0.1) is 12.7 Å². The Balaban J connectivity index is 1.90. The summed E-state index contributed by atoms with van der Waals surface area (Å²) in [6, 6.07) is 4.77. The van der Waals surface area contributed by atoms with Crippen molar-refractivity contribution in [2.75, 3.05) is 6.61 Å². The third kappa shape index (κ3) is 3.04. The van der Waals surface area contributed by atoms with Gasteiger partial charge in [0.15, 0.2) is 11.6 Å². The number of hydrogen-bond donors (Lipinski definition) is 1. The van der Waals surface area contributed by atoms with E-state index in [1.54, 1.807) is 23.0 Å². The first-order valence-corrected chi connectivity index (χ1v) is 5.67. The number of benzene rings is 1. The Kier molecular flexibility index (Phi) is 3.88. The van der Waals surface area contributed by atoms with Crippen molar-refractivity contribution < 1.29 is 9.13 Å². The molecule has 1 aromatic heterocycles. The number of aryl methyl sites for hydroxylation is 1. The van der Waals surface area contributed by atoms with Crippen molar-refractivity contribution >= 4 is 0 Å². The van der Waals surface area contributed by atoms with E-state index in [0.29, 0.717) is 19.7 Å². The SMILES string of the molecule is Cc1ccc(F)c(OCCn2cc(CN)nn2)c1. The van der Waals surface area contributed by atoms with Crippen molar-refractivity contribution in [3.63, 3.8) is 0 Å². The maximum atomic E-state index is 13.4. The molecule has 2 aromatic rings. The van der Waals surface area contributed by atoms with E-state index >= 15 is 0 Å². The normalized spacial score (nSPS) is 10.6. The molecule has 0 unspecified atom stereocenters. The van der Waals surface area contributed by atoms with Gasteiger partial charge in [0.1, 0.15) is 6.61 Å². The molecule has 0 amide bonds. The molecule has 0 spiro atoms. The van der Waals surface area contributed by atoms with Crippen molar-refractivity contribution in [2.45, 2.75) is 20.0 Å². The molecule has 0 saturated heterocycles. The number of nitrogens with zero attached hydrogens (tertiary/aromatic N) is 3. The lowest BCUT2D eigenvalue weighted by molar-refractivity contribution is 0.276. The van der Waals surface area contributed by atoms with Crippen LogP contribution in [0.3, 0.4) is 0 Å². The van der Waals surface area contributed by atoms with Crippen molar-refractivity contribution in [3.05, 3.63) is 41.5 Å². The maximum Gasteiger partial charge on any atom is 0.165 e. The quantitative estimate of drug-likeness (QED) is 0.867. The molecule has 96 valence electrons. The van der Waals surface area contributed by atoms with Crippen LogP contribution in [0.1, 0.15) is 11.3 Å². The molecule has 0 radical (unpaired) electrons. The van der Waals surface area contributed by atoms with Crippen molar-refractivity contribution in [3.8, 4) is 5.75 Å². The Morgan fingerprint density at radius 2 is 2.28 bits per heavy atom. The third-order valence-corrected chi connectivity index (χ3v) is 2.46. The van der Waals surface area contributed by atoms with Crippen LogP contribution in [-0.2, 0) is 13.1 Å². The van der Waals surface area contributed by atoms with Crippen molar-refractivity contribution in [1.29, 1.82) is 0 Å². The van der Waals surface area contributed by atoms with E-state index in [-0.39, 0.29) is 11.6 Å².